The second-order valence-electron chi connectivity index (χ2n) is 7.76. The molecule has 0 spiro atoms. The number of piperazine rings is 1. The summed E-state index contributed by atoms with van der Waals surface area (Å²) in [5.41, 5.74) is 2.39. The Morgan fingerprint density at radius 3 is 2.63 bits per heavy atom. The van der Waals surface area contributed by atoms with E-state index in [4.69, 9.17) is 4.74 Å². The number of carbonyl (C=O) groups is 2. The summed E-state index contributed by atoms with van der Waals surface area (Å²) in [7, 11) is 0. The molecule has 3 aromatic rings. The summed E-state index contributed by atoms with van der Waals surface area (Å²) >= 11 is 0. The van der Waals surface area contributed by atoms with Gasteiger partial charge in [0.25, 0.3) is 11.8 Å². The Labute approximate surface area is 175 Å². The number of benzene rings is 2. The van der Waals surface area contributed by atoms with E-state index in [9.17, 15) is 9.59 Å². The first-order valence-corrected chi connectivity index (χ1v) is 10.2. The number of hydrogen-bond donors (Lipinski definition) is 1. The minimum absolute atomic E-state index is 0.000887. The molecule has 1 saturated heterocycles. The van der Waals surface area contributed by atoms with Gasteiger partial charge in [-0.2, -0.15) is 5.10 Å². The highest BCUT2D eigenvalue weighted by molar-refractivity contribution is 5.94. The van der Waals surface area contributed by atoms with Crippen molar-refractivity contribution >= 4 is 22.7 Å². The van der Waals surface area contributed by atoms with Gasteiger partial charge in [-0.15, -0.1) is 0 Å². The lowest BCUT2D eigenvalue weighted by atomic mass is 10.1. The molecule has 0 bridgehead atoms. The van der Waals surface area contributed by atoms with Crippen LogP contribution in [0.2, 0.25) is 0 Å². The zero-order valence-corrected chi connectivity index (χ0v) is 17.5. The van der Waals surface area contributed by atoms with Gasteiger partial charge in [-0.25, -0.2) is 0 Å². The molecule has 2 atom stereocenters. The molecule has 0 aliphatic carbocycles. The normalized spacial score (nSPS) is 17.8. The Balaban J connectivity index is 1.42. The summed E-state index contributed by atoms with van der Waals surface area (Å²) in [6.07, 6.45) is -0.635. The molecule has 1 aromatic heterocycles. The van der Waals surface area contributed by atoms with Crippen LogP contribution in [-0.4, -0.2) is 63.6 Å². The van der Waals surface area contributed by atoms with Crippen LogP contribution < -0.4 is 4.74 Å². The first kappa shape index (κ1) is 19.9. The van der Waals surface area contributed by atoms with Crippen LogP contribution in [0.15, 0.2) is 48.5 Å². The summed E-state index contributed by atoms with van der Waals surface area (Å²) in [4.78, 5) is 29.4. The van der Waals surface area contributed by atoms with Crippen molar-refractivity contribution in [3.63, 3.8) is 0 Å². The molecule has 0 saturated carbocycles. The number of fused-ring (bicyclic) bond motifs is 1. The van der Waals surface area contributed by atoms with Crippen LogP contribution in [-0.2, 0) is 4.79 Å². The van der Waals surface area contributed by atoms with Crippen molar-refractivity contribution in [2.75, 3.05) is 19.6 Å². The van der Waals surface area contributed by atoms with E-state index in [0.717, 1.165) is 16.6 Å². The molecule has 7 nitrogen and oxygen atoms in total. The molecule has 2 heterocycles. The Kier molecular flexibility index (Phi) is 5.44. The molecule has 2 aromatic carbocycles. The van der Waals surface area contributed by atoms with E-state index in [1.54, 1.807) is 6.92 Å². The van der Waals surface area contributed by atoms with E-state index in [2.05, 4.69) is 10.2 Å². The van der Waals surface area contributed by atoms with Crippen LogP contribution in [0, 0.1) is 6.92 Å². The third kappa shape index (κ3) is 3.75. The second-order valence-corrected chi connectivity index (χ2v) is 7.76. The fourth-order valence-corrected chi connectivity index (χ4v) is 3.99. The van der Waals surface area contributed by atoms with Gasteiger partial charge in [-0.3, -0.25) is 14.7 Å². The van der Waals surface area contributed by atoms with E-state index in [-0.39, 0.29) is 17.9 Å². The van der Waals surface area contributed by atoms with Crippen molar-refractivity contribution in [3.05, 3.63) is 59.8 Å². The minimum atomic E-state index is -0.635. The molecular formula is C23H26N4O3. The Hall–Kier alpha value is -3.35. The molecule has 1 fully saturated rings. The number of nitrogens with one attached hydrogen (secondary N) is 1. The Morgan fingerprint density at radius 2 is 1.90 bits per heavy atom. The van der Waals surface area contributed by atoms with E-state index < -0.39 is 6.10 Å². The van der Waals surface area contributed by atoms with E-state index in [1.807, 2.05) is 72.2 Å². The number of ether oxygens (including phenoxy) is 1. The van der Waals surface area contributed by atoms with E-state index in [1.165, 1.54) is 0 Å². The van der Waals surface area contributed by atoms with Crippen LogP contribution in [0.3, 0.4) is 0 Å². The van der Waals surface area contributed by atoms with Gasteiger partial charge >= 0.3 is 0 Å². The standard InChI is InChI=1S/C23H26N4O3/c1-15-14-26(23(29)18-8-5-4-6-9-18)12-13-27(15)22(28)17(3)30-20-11-7-10-19-21(20)16(2)24-25-19/h4-11,15,17H,12-14H2,1-3H3,(H,24,25)/t15-,17?/m1/s1. The Bertz CT molecular complexity index is 1060. The molecule has 1 aliphatic rings. The highest BCUT2D eigenvalue weighted by atomic mass is 16.5. The summed E-state index contributed by atoms with van der Waals surface area (Å²) in [5.74, 6) is 0.568. The number of hydrogen-bond acceptors (Lipinski definition) is 4. The zero-order valence-electron chi connectivity index (χ0n) is 17.5. The summed E-state index contributed by atoms with van der Waals surface area (Å²) in [5, 5.41) is 8.09. The largest absolute Gasteiger partial charge is 0.480 e. The second kappa shape index (κ2) is 8.18. The third-order valence-corrected chi connectivity index (χ3v) is 5.59. The average molecular weight is 406 g/mol. The molecule has 30 heavy (non-hydrogen) atoms. The number of carbonyl (C=O) groups excluding carboxylic acids is 2. The predicted octanol–water partition coefficient (Wildman–Crippen LogP) is 3.01. The van der Waals surface area contributed by atoms with Crippen molar-refractivity contribution in [3.8, 4) is 5.75 Å². The first-order valence-electron chi connectivity index (χ1n) is 10.2. The van der Waals surface area contributed by atoms with Gasteiger partial charge in [0.05, 0.1) is 10.9 Å². The van der Waals surface area contributed by atoms with E-state index >= 15 is 0 Å². The number of H-pyrrole nitrogens is 1. The number of rotatable bonds is 4. The van der Waals surface area contributed by atoms with Gasteiger partial charge in [0.1, 0.15) is 5.75 Å². The minimum Gasteiger partial charge on any atom is -0.480 e. The third-order valence-electron chi connectivity index (χ3n) is 5.59. The highest BCUT2D eigenvalue weighted by Crippen LogP contribution is 2.28. The SMILES string of the molecule is Cc1[nH]nc2cccc(OC(C)C(=O)N3CCN(C(=O)c4ccccc4)C[C@H]3C)c12. The molecule has 1 unspecified atom stereocenters. The molecule has 0 radical (unpaired) electrons. The first-order chi connectivity index (χ1) is 14.5. The van der Waals surface area contributed by atoms with Gasteiger partial charge in [-0.1, -0.05) is 24.3 Å². The van der Waals surface area contributed by atoms with Crippen molar-refractivity contribution in [2.45, 2.75) is 32.9 Å². The molecule has 4 rings (SSSR count). The topological polar surface area (TPSA) is 78.5 Å². The van der Waals surface area contributed by atoms with Crippen molar-refractivity contribution in [2.24, 2.45) is 0 Å². The van der Waals surface area contributed by atoms with Crippen LogP contribution in [0.1, 0.15) is 29.9 Å². The summed E-state index contributed by atoms with van der Waals surface area (Å²) in [6.45, 7) is 7.16. The molecular weight excluding hydrogens is 380 g/mol. The molecule has 1 aliphatic heterocycles. The van der Waals surface area contributed by atoms with Gasteiger partial charge in [0.15, 0.2) is 6.10 Å². The van der Waals surface area contributed by atoms with Gasteiger partial charge < -0.3 is 14.5 Å². The van der Waals surface area contributed by atoms with E-state index in [0.29, 0.717) is 30.9 Å². The van der Waals surface area contributed by atoms with Crippen LogP contribution in [0.25, 0.3) is 10.9 Å². The van der Waals surface area contributed by atoms with Crippen molar-refractivity contribution < 1.29 is 14.3 Å². The fraction of sp³-hybridized carbons (Fsp3) is 0.348. The van der Waals surface area contributed by atoms with Crippen LogP contribution >= 0.6 is 0 Å². The zero-order chi connectivity index (χ0) is 21.3. The maximum Gasteiger partial charge on any atom is 0.263 e. The number of aromatic amines is 1. The average Bonchev–Trinajstić information content (AvgIpc) is 3.15. The maximum absolute atomic E-state index is 13.1. The quantitative estimate of drug-likeness (QED) is 0.722. The fourth-order valence-electron chi connectivity index (χ4n) is 3.99. The number of aromatic nitrogens is 2. The van der Waals surface area contributed by atoms with Crippen molar-refractivity contribution in [1.82, 2.24) is 20.0 Å². The maximum atomic E-state index is 13.1. The summed E-state index contributed by atoms with van der Waals surface area (Å²) in [6, 6.07) is 14.8. The highest BCUT2D eigenvalue weighted by Gasteiger charge is 2.33. The monoisotopic (exact) mass is 406 g/mol. The Morgan fingerprint density at radius 1 is 1.13 bits per heavy atom. The molecule has 1 N–H and O–H groups in total. The van der Waals surface area contributed by atoms with Crippen LogP contribution in [0.4, 0.5) is 0 Å². The van der Waals surface area contributed by atoms with Gasteiger partial charge in [-0.05, 0) is 45.0 Å². The summed E-state index contributed by atoms with van der Waals surface area (Å²) < 4.78 is 6.04. The predicted molar refractivity (Wildman–Crippen MR) is 114 cm³/mol. The lowest BCUT2D eigenvalue weighted by molar-refractivity contribution is -0.142. The molecule has 156 valence electrons. The smallest absolute Gasteiger partial charge is 0.263 e. The number of aryl methyl sites for hydroxylation is 1. The molecule has 2 amide bonds. The van der Waals surface area contributed by atoms with Crippen molar-refractivity contribution in [1.29, 1.82) is 0 Å². The number of amides is 2. The lowest BCUT2D eigenvalue weighted by Gasteiger charge is -2.40. The number of nitrogens with zero attached hydrogens (tertiary/aromatic N) is 3. The van der Waals surface area contributed by atoms with Gasteiger partial charge in [0.2, 0.25) is 0 Å². The van der Waals surface area contributed by atoms with Gasteiger partial charge in [0, 0.05) is 36.9 Å². The molecule has 7 heteroatoms. The lowest BCUT2D eigenvalue weighted by Crippen LogP contribution is -2.57. The van der Waals surface area contributed by atoms with Crippen LogP contribution in [0.5, 0.6) is 5.75 Å².